The normalized spacial score (nSPS) is 35.3. The minimum atomic E-state index is -0.0158. The fraction of sp³-hybridized carbons (Fsp3) is 1.00. The summed E-state index contributed by atoms with van der Waals surface area (Å²) in [5.41, 5.74) is 0.616. The third-order valence-electron chi connectivity index (χ3n) is 5.37. The van der Waals surface area contributed by atoms with Gasteiger partial charge >= 0.3 is 0 Å². The summed E-state index contributed by atoms with van der Waals surface area (Å²) in [6, 6.07) is 0. The van der Waals surface area contributed by atoms with Crippen molar-refractivity contribution in [3.63, 3.8) is 0 Å². The Morgan fingerprint density at radius 1 is 0.944 bits per heavy atom. The van der Waals surface area contributed by atoms with E-state index >= 15 is 0 Å². The molecule has 0 aromatic rings. The summed E-state index contributed by atoms with van der Waals surface area (Å²) in [6.45, 7) is 10.5. The van der Waals surface area contributed by atoms with Gasteiger partial charge in [-0.3, -0.25) is 5.32 Å². The molecule has 2 rings (SSSR count). The lowest BCUT2D eigenvalue weighted by molar-refractivity contribution is -0.210. The van der Waals surface area contributed by atoms with Crippen molar-refractivity contribution < 1.29 is 4.74 Å². The molecule has 0 amide bonds. The van der Waals surface area contributed by atoms with Crippen LogP contribution in [0, 0.1) is 5.41 Å². The smallest absolute Gasteiger partial charge is 0.120 e. The van der Waals surface area contributed by atoms with Crippen molar-refractivity contribution in [2.75, 3.05) is 6.54 Å². The summed E-state index contributed by atoms with van der Waals surface area (Å²) >= 11 is 0. The molecule has 106 valence electrons. The van der Waals surface area contributed by atoms with Gasteiger partial charge in [-0.1, -0.05) is 27.7 Å². The second kappa shape index (κ2) is 5.13. The monoisotopic (exact) mass is 253 g/mol. The predicted octanol–water partition coefficient (Wildman–Crippen LogP) is 4.24. The molecule has 1 unspecified atom stereocenters. The summed E-state index contributed by atoms with van der Waals surface area (Å²) < 4.78 is 6.66. The Hall–Kier alpha value is -0.0800. The van der Waals surface area contributed by atoms with Gasteiger partial charge in [0.15, 0.2) is 0 Å². The van der Waals surface area contributed by atoms with Crippen molar-refractivity contribution in [1.82, 2.24) is 5.32 Å². The van der Waals surface area contributed by atoms with E-state index in [4.69, 9.17) is 4.74 Å². The lowest BCUT2D eigenvalue weighted by Crippen LogP contribution is -2.59. The van der Waals surface area contributed by atoms with E-state index in [1.807, 2.05) is 0 Å². The Bertz CT molecular complexity index is 283. The van der Waals surface area contributed by atoms with E-state index in [0.717, 1.165) is 19.4 Å². The van der Waals surface area contributed by atoms with Gasteiger partial charge in [0.1, 0.15) is 5.72 Å². The zero-order valence-corrected chi connectivity index (χ0v) is 12.8. The molecule has 18 heavy (non-hydrogen) atoms. The number of ether oxygens (including phenoxy) is 1. The first-order valence-corrected chi connectivity index (χ1v) is 7.90. The van der Waals surface area contributed by atoms with Gasteiger partial charge in [-0.2, -0.15) is 0 Å². The van der Waals surface area contributed by atoms with Gasteiger partial charge in [0.25, 0.3) is 0 Å². The van der Waals surface area contributed by atoms with Gasteiger partial charge in [0, 0.05) is 6.54 Å². The molecule has 2 heteroatoms. The lowest BCUT2D eigenvalue weighted by atomic mass is 9.84. The quantitative estimate of drug-likeness (QED) is 0.794. The minimum Gasteiger partial charge on any atom is -0.354 e. The second-order valence-corrected chi connectivity index (χ2v) is 7.18. The molecule has 1 atom stereocenters. The molecule has 1 saturated heterocycles. The SMILES string of the molecule is CCC1(CC)CCNC2(CCCC(C)(C)CC2)O1. The van der Waals surface area contributed by atoms with Crippen LogP contribution in [0.15, 0.2) is 0 Å². The van der Waals surface area contributed by atoms with Crippen LogP contribution >= 0.6 is 0 Å². The standard InChI is InChI=1S/C16H31NO/c1-5-15(6-2)12-13-17-16(18-15)9-7-8-14(3,4)10-11-16/h17H,5-13H2,1-4H3. The summed E-state index contributed by atoms with van der Waals surface area (Å²) in [4.78, 5) is 0. The number of nitrogens with one attached hydrogen (secondary N) is 1. The van der Waals surface area contributed by atoms with Crippen LogP contribution in [0.4, 0.5) is 0 Å². The topological polar surface area (TPSA) is 21.3 Å². The zero-order valence-electron chi connectivity index (χ0n) is 12.8. The molecule has 0 aromatic heterocycles. The molecule has 1 spiro atoms. The van der Waals surface area contributed by atoms with Crippen LogP contribution in [0.3, 0.4) is 0 Å². The fourth-order valence-electron chi connectivity index (χ4n) is 3.69. The molecular weight excluding hydrogens is 222 g/mol. The van der Waals surface area contributed by atoms with Crippen LogP contribution in [0.5, 0.6) is 0 Å². The molecule has 1 aliphatic heterocycles. The Morgan fingerprint density at radius 3 is 2.33 bits per heavy atom. The highest BCUT2D eigenvalue weighted by Crippen LogP contribution is 2.43. The summed E-state index contributed by atoms with van der Waals surface area (Å²) in [6.07, 6.45) is 9.76. The molecule has 2 nitrogen and oxygen atoms in total. The highest BCUT2D eigenvalue weighted by atomic mass is 16.5. The van der Waals surface area contributed by atoms with Crippen molar-refractivity contribution >= 4 is 0 Å². The first kappa shape index (κ1) is 14.3. The van der Waals surface area contributed by atoms with Gasteiger partial charge in [-0.15, -0.1) is 0 Å². The van der Waals surface area contributed by atoms with E-state index in [1.54, 1.807) is 0 Å². The number of hydrogen-bond donors (Lipinski definition) is 1. The van der Waals surface area contributed by atoms with Crippen LogP contribution in [0.25, 0.3) is 0 Å². The van der Waals surface area contributed by atoms with E-state index in [9.17, 15) is 0 Å². The van der Waals surface area contributed by atoms with Crippen molar-refractivity contribution in [3.05, 3.63) is 0 Å². The van der Waals surface area contributed by atoms with Crippen molar-refractivity contribution in [3.8, 4) is 0 Å². The maximum Gasteiger partial charge on any atom is 0.120 e. The maximum absolute atomic E-state index is 6.66. The molecule has 1 heterocycles. The first-order chi connectivity index (χ1) is 8.45. The zero-order chi connectivity index (χ0) is 13.3. The Kier molecular flexibility index (Phi) is 4.08. The third kappa shape index (κ3) is 2.91. The fourth-order valence-corrected chi connectivity index (χ4v) is 3.69. The van der Waals surface area contributed by atoms with Crippen LogP contribution in [0.2, 0.25) is 0 Å². The molecule has 1 N–H and O–H groups in total. The molecular formula is C16H31NO. The highest BCUT2D eigenvalue weighted by molar-refractivity contribution is 4.94. The summed E-state index contributed by atoms with van der Waals surface area (Å²) in [5.74, 6) is 0. The largest absolute Gasteiger partial charge is 0.354 e. The maximum atomic E-state index is 6.66. The van der Waals surface area contributed by atoms with Crippen LogP contribution in [0.1, 0.15) is 79.1 Å². The molecule has 0 aromatic carbocycles. The van der Waals surface area contributed by atoms with Gasteiger partial charge in [0.05, 0.1) is 5.60 Å². The minimum absolute atomic E-state index is 0.0158. The Labute approximate surface area is 113 Å². The van der Waals surface area contributed by atoms with Crippen LogP contribution in [-0.4, -0.2) is 17.9 Å². The molecule has 0 bridgehead atoms. The first-order valence-electron chi connectivity index (χ1n) is 7.90. The van der Waals surface area contributed by atoms with E-state index in [-0.39, 0.29) is 11.3 Å². The third-order valence-corrected chi connectivity index (χ3v) is 5.37. The van der Waals surface area contributed by atoms with Crippen molar-refractivity contribution in [2.45, 2.75) is 90.4 Å². The second-order valence-electron chi connectivity index (χ2n) is 7.18. The molecule has 1 saturated carbocycles. The highest BCUT2D eigenvalue weighted by Gasteiger charge is 2.45. The average molecular weight is 253 g/mol. The van der Waals surface area contributed by atoms with Gasteiger partial charge in [0.2, 0.25) is 0 Å². The van der Waals surface area contributed by atoms with E-state index in [2.05, 4.69) is 33.0 Å². The molecule has 2 aliphatic rings. The molecule has 1 aliphatic carbocycles. The summed E-state index contributed by atoms with van der Waals surface area (Å²) in [5, 5.41) is 3.71. The van der Waals surface area contributed by atoms with Crippen molar-refractivity contribution in [2.24, 2.45) is 5.41 Å². The Balaban J connectivity index is 2.11. The van der Waals surface area contributed by atoms with Crippen LogP contribution < -0.4 is 5.32 Å². The van der Waals surface area contributed by atoms with Gasteiger partial charge in [-0.05, 0) is 56.8 Å². The molecule has 0 radical (unpaired) electrons. The van der Waals surface area contributed by atoms with E-state index in [1.165, 1.54) is 38.5 Å². The Morgan fingerprint density at radius 2 is 1.67 bits per heavy atom. The predicted molar refractivity (Wildman–Crippen MR) is 76.6 cm³/mol. The van der Waals surface area contributed by atoms with E-state index < -0.39 is 0 Å². The van der Waals surface area contributed by atoms with E-state index in [0.29, 0.717) is 5.41 Å². The van der Waals surface area contributed by atoms with Gasteiger partial charge < -0.3 is 4.74 Å². The molecule has 2 fully saturated rings. The average Bonchev–Trinajstić information content (AvgIpc) is 2.49. The lowest BCUT2D eigenvalue weighted by Gasteiger charge is -2.49. The van der Waals surface area contributed by atoms with Crippen LogP contribution in [-0.2, 0) is 4.74 Å². The summed E-state index contributed by atoms with van der Waals surface area (Å²) in [7, 11) is 0. The number of rotatable bonds is 2. The number of hydrogen-bond acceptors (Lipinski definition) is 2. The van der Waals surface area contributed by atoms with Crippen molar-refractivity contribution in [1.29, 1.82) is 0 Å². The van der Waals surface area contributed by atoms with Gasteiger partial charge in [-0.25, -0.2) is 0 Å².